The van der Waals surface area contributed by atoms with Crippen molar-refractivity contribution in [3.8, 4) is 33.6 Å². The van der Waals surface area contributed by atoms with Gasteiger partial charge in [0.1, 0.15) is 17.5 Å². The van der Waals surface area contributed by atoms with Gasteiger partial charge in [-0.15, -0.1) is 23.1 Å². The van der Waals surface area contributed by atoms with E-state index in [4.69, 9.17) is 4.98 Å². The summed E-state index contributed by atoms with van der Waals surface area (Å²) in [6, 6.07) is 31.6. The third-order valence-electron chi connectivity index (χ3n) is 9.05. The second-order valence-electron chi connectivity index (χ2n) is 12.7. The fourth-order valence-corrected chi connectivity index (χ4v) is 8.71. The highest BCUT2D eigenvalue weighted by Crippen LogP contribution is 2.39. The van der Waals surface area contributed by atoms with Crippen LogP contribution in [0.25, 0.3) is 38.5 Å². The number of nitrogens with zero attached hydrogens (tertiary/aromatic N) is 3. The Morgan fingerprint density at radius 3 is 2.29 bits per heavy atom. The van der Waals surface area contributed by atoms with E-state index in [-0.39, 0.29) is 5.57 Å². The summed E-state index contributed by atoms with van der Waals surface area (Å²) in [5, 5.41) is 19.3. The summed E-state index contributed by atoms with van der Waals surface area (Å²) in [6.45, 7) is 8.48. The van der Waals surface area contributed by atoms with Gasteiger partial charge in [-0.1, -0.05) is 120 Å². The molecule has 51 heavy (non-hydrogen) atoms. The average Bonchev–Trinajstić information content (AvgIpc) is 3.76. The molecule has 3 aromatic carbocycles. The number of imidazole rings is 1. The van der Waals surface area contributed by atoms with E-state index in [2.05, 4.69) is 97.8 Å². The van der Waals surface area contributed by atoms with Crippen LogP contribution in [0.4, 0.5) is 0 Å². The van der Waals surface area contributed by atoms with E-state index in [0.29, 0.717) is 5.75 Å². The number of thioether (sulfide) groups is 1. The van der Waals surface area contributed by atoms with Crippen LogP contribution in [0.3, 0.4) is 0 Å². The van der Waals surface area contributed by atoms with Crippen molar-refractivity contribution in [2.75, 3.05) is 0 Å². The minimum Gasteiger partial charge on any atom is -0.477 e. The average molecular weight is 714 g/mol. The minimum atomic E-state index is -1.21. The minimum absolute atomic E-state index is 0.252. The van der Waals surface area contributed by atoms with Crippen molar-refractivity contribution in [3.63, 3.8) is 0 Å². The molecule has 5 nitrogen and oxygen atoms in total. The van der Waals surface area contributed by atoms with E-state index >= 15 is 0 Å². The lowest BCUT2D eigenvalue weighted by Gasteiger charge is -2.11. The molecular weight excluding hydrogens is 667 g/mol. The van der Waals surface area contributed by atoms with Crippen molar-refractivity contribution in [3.05, 3.63) is 130 Å². The van der Waals surface area contributed by atoms with Crippen molar-refractivity contribution in [2.24, 2.45) is 0 Å². The molecule has 0 unspecified atom stereocenters. The number of aliphatic carboxylic acids is 1. The first-order valence-electron chi connectivity index (χ1n) is 18.1. The van der Waals surface area contributed by atoms with Crippen molar-refractivity contribution in [1.29, 1.82) is 5.26 Å². The molecule has 0 saturated heterocycles. The predicted octanol–water partition coefficient (Wildman–Crippen LogP) is 12.7. The van der Waals surface area contributed by atoms with E-state index in [9.17, 15) is 15.2 Å². The number of aromatic nitrogens is 2. The molecule has 2 heterocycles. The molecule has 1 N–H and O–H groups in total. The van der Waals surface area contributed by atoms with Gasteiger partial charge in [0.05, 0.1) is 11.0 Å². The molecule has 0 aliphatic heterocycles. The molecule has 0 spiro atoms. The molecule has 0 fully saturated rings. The molecule has 5 rings (SSSR count). The van der Waals surface area contributed by atoms with Crippen LogP contribution >= 0.6 is 23.1 Å². The van der Waals surface area contributed by atoms with Gasteiger partial charge in [-0.2, -0.15) is 5.26 Å². The molecule has 2 aromatic heterocycles. The number of benzene rings is 3. The number of thiophene rings is 1. The molecule has 0 atom stereocenters. The van der Waals surface area contributed by atoms with Crippen molar-refractivity contribution >= 4 is 40.1 Å². The van der Waals surface area contributed by atoms with Gasteiger partial charge in [0.25, 0.3) is 0 Å². The second kappa shape index (κ2) is 19.1. The van der Waals surface area contributed by atoms with Crippen LogP contribution in [0.15, 0.2) is 120 Å². The standard InChI is InChI=1S/C44H47N3O2S2/c1-4-7-9-12-18-32(6-3)40(29-36(30-45)44(48)49)50-31-42-35(19-13-10-8-5-2)28-41(51-42)33-24-26-34(27-25-33)43-46-38-22-16-17-23-39(38)47(43)37-20-14-11-15-21-37/h6,11,14-17,20-29H,3-5,7-10,12-13,18-19,31H2,1-2H3,(H,48,49)/b36-29-,40-32+. The van der Waals surface area contributed by atoms with Crippen LogP contribution in [0.5, 0.6) is 0 Å². The van der Waals surface area contributed by atoms with Crippen LogP contribution < -0.4 is 0 Å². The van der Waals surface area contributed by atoms with Crippen molar-refractivity contribution in [1.82, 2.24) is 9.55 Å². The highest BCUT2D eigenvalue weighted by atomic mass is 32.2. The Morgan fingerprint density at radius 1 is 0.922 bits per heavy atom. The summed E-state index contributed by atoms with van der Waals surface area (Å²) in [6.07, 6.45) is 14.4. The number of rotatable bonds is 19. The Balaban J connectivity index is 1.46. The fraction of sp³-hybridized carbons (Fsp3) is 0.295. The number of hydrogen-bond acceptors (Lipinski definition) is 5. The van der Waals surface area contributed by atoms with Crippen molar-refractivity contribution in [2.45, 2.75) is 83.8 Å². The van der Waals surface area contributed by atoms with Gasteiger partial charge in [0.2, 0.25) is 0 Å². The van der Waals surface area contributed by atoms with E-state index < -0.39 is 5.97 Å². The Labute approximate surface area is 311 Å². The van der Waals surface area contributed by atoms with Crippen LogP contribution in [0.1, 0.15) is 82.1 Å². The summed E-state index contributed by atoms with van der Waals surface area (Å²) in [5.74, 6) is 0.401. The third-order valence-corrected chi connectivity index (χ3v) is 11.6. The summed E-state index contributed by atoms with van der Waals surface area (Å²) in [5.41, 5.74) is 7.42. The van der Waals surface area contributed by atoms with E-state index in [1.54, 1.807) is 29.2 Å². The Morgan fingerprint density at radius 2 is 1.61 bits per heavy atom. The van der Waals surface area contributed by atoms with E-state index in [0.717, 1.165) is 89.1 Å². The molecular formula is C44H47N3O2S2. The molecule has 262 valence electrons. The number of carboxylic acids is 1. The number of aryl methyl sites for hydroxylation is 1. The number of unbranched alkanes of at least 4 members (excludes halogenated alkanes) is 6. The monoisotopic (exact) mass is 713 g/mol. The SMILES string of the molecule is C=C/C(CCCCCC)=C(/C=C(/C#N)C(=O)O)SCc1sc(-c2ccc(-c3nc4ccccc4n3-c3ccccc3)cc2)cc1CCCCCC. The summed E-state index contributed by atoms with van der Waals surface area (Å²) in [7, 11) is 0. The zero-order valence-corrected chi connectivity index (χ0v) is 31.4. The highest BCUT2D eigenvalue weighted by molar-refractivity contribution is 8.02. The first-order valence-corrected chi connectivity index (χ1v) is 19.9. The van der Waals surface area contributed by atoms with Gasteiger partial charge in [-0.25, -0.2) is 9.78 Å². The maximum absolute atomic E-state index is 11.8. The van der Waals surface area contributed by atoms with Crippen LogP contribution in [-0.4, -0.2) is 20.6 Å². The molecule has 0 bridgehead atoms. The van der Waals surface area contributed by atoms with Gasteiger partial charge in [0.15, 0.2) is 0 Å². The smallest absolute Gasteiger partial charge is 0.346 e. The second-order valence-corrected chi connectivity index (χ2v) is 14.9. The first kappa shape index (κ1) is 37.6. The maximum atomic E-state index is 11.8. The number of carbonyl (C=O) groups is 1. The lowest BCUT2D eigenvalue weighted by atomic mass is 10.0. The van der Waals surface area contributed by atoms with Gasteiger partial charge in [-0.05, 0) is 78.8 Å². The quantitative estimate of drug-likeness (QED) is 0.0399. The number of fused-ring (bicyclic) bond motifs is 1. The first-order chi connectivity index (χ1) is 25.0. The largest absolute Gasteiger partial charge is 0.477 e. The summed E-state index contributed by atoms with van der Waals surface area (Å²) < 4.78 is 2.22. The Kier molecular flexibility index (Phi) is 14.1. The lowest BCUT2D eigenvalue weighted by molar-refractivity contribution is -0.132. The molecule has 7 heteroatoms. The molecule has 0 amide bonds. The topological polar surface area (TPSA) is 78.9 Å². The maximum Gasteiger partial charge on any atom is 0.346 e. The Bertz CT molecular complexity index is 2030. The zero-order chi connectivity index (χ0) is 36.0. The van der Waals surface area contributed by atoms with E-state index in [1.165, 1.54) is 34.6 Å². The van der Waals surface area contributed by atoms with E-state index in [1.807, 2.05) is 24.3 Å². The van der Waals surface area contributed by atoms with Gasteiger partial charge in [0, 0.05) is 31.7 Å². The normalized spacial score (nSPS) is 12.1. The molecule has 0 saturated carbocycles. The van der Waals surface area contributed by atoms with Gasteiger partial charge < -0.3 is 5.11 Å². The van der Waals surface area contributed by atoms with Gasteiger partial charge in [-0.3, -0.25) is 4.57 Å². The molecule has 0 aliphatic rings. The number of allylic oxidation sites excluding steroid dienone is 3. The number of para-hydroxylation sites is 3. The fourth-order valence-electron chi connectivity index (χ4n) is 6.24. The third kappa shape index (κ3) is 9.78. The number of hydrogen-bond donors (Lipinski definition) is 1. The summed E-state index contributed by atoms with van der Waals surface area (Å²) >= 11 is 3.42. The molecule has 0 radical (unpaired) electrons. The van der Waals surface area contributed by atoms with Crippen LogP contribution in [-0.2, 0) is 17.0 Å². The van der Waals surface area contributed by atoms with Crippen LogP contribution in [0, 0.1) is 11.3 Å². The summed E-state index contributed by atoms with van der Waals surface area (Å²) in [4.78, 5) is 20.2. The zero-order valence-electron chi connectivity index (χ0n) is 29.7. The lowest BCUT2D eigenvalue weighted by Crippen LogP contribution is -1.99. The number of carboxylic acid groups (broad SMARTS) is 1. The molecule has 5 aromatic rings. The number of nitriles is 1. The predicted molar refractivity (Wildman–Crippen MR) is 216 cm³/mol. The Hall–Kier alpha value is -4.64. The van der Waals surface area contributed by atoms with Crippen molar-refractivity contribution < 1.29 is 9.90 Å². The molecule has 0 aliphatic carbocycles. The highest BCUT2D eigenvalue weighted by Gasteiger charge is 2.17. The van der Waals surface area contributed by atoms with Gasteiger partial charge >= 0.3 is 5.97 Å². The van der Waals surface area contributed by atoms with Crippen LogP contribution in [0.2, 0.25) is 0 Å².